The third-order valence-electron chi connectivity index (χ3n) is 0.167. The molecule has 0 aliphatic carbocycles. The molecule has 0 N–H and O–H groups in total. The molecular weight excluding hydrogens is 148 g/mol. The fraction of sp³-hybridized carbons (Fsp3) is 0. The Balaban J connectivity index is 0. The second-order valence-electron chi connectivity index (χ2n) is 0.684. The van der Waals surface area contributed by atoms with E-state index in [1.165, 1.54) is 0 Å². The summed E-state index contributed by atoms with van der Waals surface area (Å²) in [5, 5.41) is 0. The van der Waals surface area contributed by atoms with Gasteiger partial charge in [-0.15, -0.1) is 0 Å². The van der Waals surface area contributed by atoms with E-state index >= 15 is 0 Å². The number of rotatable bonds is 1. The summed E-state index contributed by atoms with van der Waals surface area (Å²) in [7, 11) is 1.58. The molecule has 0 atom stereocenters. The molecule has 0 rings (SSSR count). The Hall–Kier alpha value is -0.280. The van der Waals surface area contributed by atoms with E-state index in [1.54, 1.807) is 12.2 Å². The maximum atomic E-state index is 8.80. The van der Waals surface area contributed by atoms with Crippen LogP contribution < -0.4 is 0 Å². The third-order valence-corrected chi connectivity index (χ3v) is 0.167. The lowest BCUT2D eigenvalue weighted by Crippen LogP contribution is -1.41. The molecule has 0 aliphatic rings. The van der Waals surface area contributed by atoms with Gasteiger partial charge < -0.3 is 0 Å². The highest BCUT2D eigenvalue weighted by molar-refractivity contribution is 7.98. The molecule has 0 radical (unpaired) electrons. The third kappa shape index (κ3) is 246. The van der Waals surface area contributed by atoms with Gasteiger partial charge in [0.2, 0.25) is 9.92 Å². The summed E-state index contributed by atoms with van der Waals surface area (Å²) in [6.45, 7) is 6.72. The first-order chi connectivity index (χ1) is 3.65. The normalized spacial score (nSPS) is 6.75. The molecule has 0 saturated heterocycles. The van der Waals surface area contributed by atoms with Crippen molar-refractivity contribution in [3.63, 3.8) is 0 Å². The smallest absolute Gasteiger partial charge is 0.215 e. The van der Waals surface area contributed by atoms with Gasteiger partial charge >= 0.3 is 0 Å². The minimum Gasteiger partial charge on any atom is -0.215 e. The largest absolute Gasteiger partial charge is 0.222 e. The first-order valence-corrected chi connectivity index (χ1v) is 3.77. The first kappa shape index (κ1) is 10.7. The number of hydrogen-bond donors (Lipinski definition) is 1. The summed E-state index contributed by atoms with van der Waals surface area (Å²) >= 11 is 0. The van der Waals surface area contributed by atoms with Gasteiger partial charge in [-0.1, -0.05) is 25.3 Å². The summed E-state index contributed by atoms with van der Waals surface area (Å²) < 4.78 is 17.6. The standard InChI is InChI=1S/C4H6.ClHO2S/c1-3-4-2;1-4(2)3/h3-4H,1-2H2;4H. The maximum absolute atomic E-state index is 8.80. The predicted octanol–water partition coefficient (Wildman–Crippen LogP) is 1.11. The zero-order chi connectivity index (χ0) is 6.99. The van der Waals surface area contributed by atoms with Crippen molar-refractivity contribution in [3.05, 3.63) is 25.3 Å². The Morgan fingerprint density at radius 1 is 1.25 bits per heavy atom. The predicted molar refractivity (Wildman–Crippen MR) is 36.6 cm³/mol. The van der Waals surface area contributed by atoms with Crippen molar-refractivity contribution >= 4 is 20.6 Å². The van der Waals surface area contributed by atoms with Crippen LogP contribution in [0.15, 0.2) is 25.3 Å². The van der Waals surface area contributed by atoms with E-state index in [9.17, 15) is 0 Å². The molecule has 0 aromatic carbocycles. The molecule has 48 valence electrons. The Morgan fingerprint density at radius 3 is 1.38 bits per heavy atom. The van der Waals surface area contributed by atoms with E-state index in [-0.39, 0.29) is 0 Å². The van der Waals surface area contributed by atoms with Gasteiger partial charge in [0.1, 0.15) is 0 Å². The molecule has 0 bridgehead atoms. The quantitative estimate of drug-likeness (QED) is 0.349. The zero-order valence-corrected chi connectivity index (χ0v) is 5.86. The van der Waals surface area contributed by atoms with E-state index < -0.39 is 9.92 Å². The highest BCUT2D eigenvalue weighted by Gasteiger charge is 1.49. The number of hydrogen-bond acceptors (Lipinski definition) is 2. The average molecular weight is 155 g/mol. The van der Waals surface area contributed by atoms with Gasteiger partial charge in [0.15, 0.2) is 0 Å². The van der Waals surface area contributed by atoms with Crippen LogP contribution in [0.4, 0.5) is 0 Å². The second kappa shape index (κ2) is 9.87. The Labute approximate surface area is 54.9 Å². The lowest BCUT2D eigenvalue weighted by Gasteiger charge is -1.44. The van der Waals surface area contributed by atoms with E-state index in [4.69, 9.17) is 8.42 Å². The molecule has 0 aromatic rings. The molecule has 0 heterocycles. The van der Waals surface area contributed by atoms with Crippen LogP contribution in [0.3, 0.4) is 0 Å². The Kier molecular flexibility index (Phi) is 13.1. The van der Waals surface area contributed by atoms with Gasteiger partial charge in [0.25, 0.3) is 0 Å². The first-order valence-electron chi connectivity index (χ1n) is 1.68. The van der Waals surface area contributed by atoms with Gasteiger partial charge in [-0.2, -0.15) is 0 Å². The van der Waals surface area contributed by atoms with E-state index in [0.29, 0.717) is 0 Å². The number of thiol groups is 1. The Bertz CT molecular complexity index is 114. The van der Waals surface area contributed by atoms with Crippen LogP contribution in [0.1, 0.15) is 0 Å². The maximum Gasteiger partial charge on any atom is 0.222 e. The fourth-order valence-electron chi connectivity index (χ4n) is 0. The van der Waals surface area contributed by atoms with Crippen LogP contribution >= 0.6 is 10.7 Å². The average Bonchev–Trinajstić information content (AvgIpc) is 1.65. The molecule has 0 unspecified atom stereocenters. The van der Waals surface area contributed by atoms with Gasteiger partial charge in [-0.3, -0.25) is 0 Å². The van der Waals surface area contributed by atoms with Crippen LogP contribution in [0.5, 0.6) is 0 Å². The molecule has 0 spiro atoms. The van der Waals surface area contributed by atoms with Crippen LogP contribution in [0.2, 0.25) is 0 Å². The van der Waals surface area contributed by atoms with E-state index in [1.807, 2.05) is 0 Å². The summed E-state index contributed by atoms with van der Waals surface area (Å²) in [5.74, 6) is 0. The molecule has 0 aromatic heterocycles. The summed E-state index contributed by atoms with van der Waals surface area (Å²) in [5.41, 5.74) is 0. The summed E-state index contributed by atoms with van der Waals surface area (Å²) in [6.07, 6.45) is 3.28. The van der Waals surface area contributed by atoms with Crippen LogP contribution in [-0.4, -0.2) is 8.42 Å². The Morgan fingerprint density at radius 2 is 1.38 bits per heavy atom. The highest BCUT2D eigenvalue weighted by Crippen LogP contribution is 1.61. The number of halogens is 1. The van der Waals surface area contributed by atoms with Crippen molar-refractivity contribution in [1.82, 2.24) is 0 Å². The minimum absolute atomic E-state index is 1.64. The molecule has 0 aliphatic heterocycles. The van der Waals surface area contributed by atoms with Crippen molar-refractivity contribution in [2.24, 2.45) is 0 Å². The van der Waals surface area contributed by atoms with Gasteiger partial charge in [0, 0.05) is 10.7 Å². The second-order valence-corrected chi connectivity index (χ2v) is 1.94. The molecular formula is C4H7ClO2S. The van der Waals surface area contributed by atoms with Crippen LogP contribution in [0.25, 0.3) is 0 Å². The SMILES string of the molecule is C=CC=C.O=[SH](=O)Cl. The summed E-state index contributed by atoms with van der Waals surface area (Å²) in [6, 6.07) is 0. The van der Waals surface area contributed by atoms with Gasteiger partial charge in [-0.05, 0) is 0 Å². The zero-order valence-electron chi connectivity index (χ0n) is 4.21. The van der Waals surface area contributed by atoms with Gasteiger partial charge in [-0.25, -0.2) is 8.42 Å². The van der Waals surface area contributed by atoms with Crippen molar-refractivity contribution in [2.45, 2.75) is 0 Å². The minimum atomic E-state index is -2.65. The highest BCUT2D eigenvalue weighted by atomic mass is 35.7. The van der Waals surface area contributed by atoms with Crippen molar-refractivity contribution in [3.8, 4) is 0 Å². The molecule has 0 amide bonds. The van der Waals surface area contributed by atoms with Crippen LogP contribution in [0, 0.1) is 0 Å². The number of allylic oxidation sites excluding steroid dienone is 2. The van der Waals surface area contributed by atoms with Crippen LogP contribution in [-0.2, 0) is 9.92 Å². The monoisotopic (exact) mass is 154 g/mol. The fourth-order valence-corrected chi connectivity index (χ4v) is 0. The van der Waals surface area contributed by atoms with Crippen molar-refractivity contribution in [1.29, 1.82) is 0 Å². The summed E-state index contributed by atoms with van der Waals surface area (Å²) in [4.78, 5) is 0. The van der Waals surface area contributed by atoms with E-state index in [0.717, 1.165) is 0 Å². The lowest BCUT2D eigenvalue weighted by atomic mass is 10.6. The van der Waals surface area contributed by atoms with Crippen molar-refractivity contribution < 1.29 is 8.42 Å². The van der Waals surface area contributed by atoms with Gasteiger partial charge in [0.05, 0.1) is 0 Å². The molecule has 0 saturated carbocycles. The molecule has 4 heteroatoms. The molecule has 0 fully saturated rings. The molecule has 2 nitrogen and oxygen atoms in total. The molecule has 8 heavy (non-hydrogen) atoms. The topological polar surface area (TPSA) is 34.1 Å². The van der Waals surface area contributed by atoms with Crippen molar-refractivity contribution in [2.75, 3.05) is 0 Å². The lowest BCUT2D eigenvalue weighted by molar-refractivity contribution is 0.626. The van der Waals surface area contributed by atoms with E-state index in [2.05, 4.69) is 23.8 Å².